The van der Waals surface area contributed by atoms with Gasteiger partial charge in [0, 0.05) is 11.5 Å². The molecule has 1 rings (SSSR count). The van der Waals surface area contributed by atoms with Crippen molar-refractivity contribution in [1.82, 2.24) is 0 Å². The van der Waals surface area contributed by atoms with Crippen LogP contribution in [-0.4, -0.2) is 30.9 Å². The van der Waals surface area contributed by atoms with E-state index < -0.39 is 0 Å². The first-order chi connectivity index (χ1) is 8.74. The molecule has 0 saturated heterocycles. The zero-order valence-electron chi connectivity index (χ0n) is 11.7. The standard InChI is InChI=1S/C14H24O3S/c1-4-7-8-12-13(15)14(11(5-2)18-12)17-10-9-16-6-3/h12H,4-10H2,1-3H3. The molecule has 0 saturated carbocycles. The maximum atomic E-state index is 12.2. The van der Waals surface area contributed by atoms with Gasteiger partial charge in [-0.3, -0.25) is 4.79 Å². The first-order valence-electron chi connectivity index (χ1n) is 6.89. The van der Waals surface area contributed by atoms with E-state index in [1.807, 2.05) is 6.92 Å². The highest BCUT2D eigenvalue weighted by Crippen LogP contribution is 2.39. The Morgan fingerprint density at radius 1 is 1.22 bits per heavy atom. The molecular weight excluding hydrogens is 248 g/mol. The number of Topliss-reactive ketones (excluding diaryl/α,β-unsaturated/α-hetero) is 1. The Morgan fingerprint density at radius 2 is 2.00 bits per heavy atom. The molecule has 0 aliphatic carbocycles. The van der Waals surface area contributed by atoms with Gasteiger partial charge < -0.3 is 9.47 Å². The van der Waals surface area contributed by atoms with Crippen LogP contribution in [0.25, 0.3) is 0 Å². The molecule has 3 nitrogen and oxygen atoms in total. The molecule has 0 bridgehead atoms. The number of carbonyl (C=O) groups is 1. The van der Waals surface area contributed by atoms with Crippen molar-refractivity contribution in [2.45, 2.75) is 51.7 Å². The van der Waals surface area contributed by atoms with Crippen molar-refractivity contribution < 1.29 is 14.3 Å². The molecule has 0 aromatic carbocycles. The van der Waals surface area contributed by atoms with E-state index in [2.05, 4.69) is 13.8 Å². The summed E-state index contributed by atoms with van der Waals surface area (Å²) in [5, 5.41) is 0.0852. The summed E-state index contributed by atoms with van der Waals surface area (Å²) < 4.78 is 10.8. The molecule has 18 heavy (non-hydrogen) atoms. The smallest absolute Gasteiger partial charge is 0.211 e. The van der Waals surface area contributed by atoms with Crippen molar-refractivity contribution >= 4 is 17.5 Å². The fourth-order valence-corrected chi connectivity index (χ4v) is 3.16. The lowest BCUT2D eigenvalue weighted by molar-refractivity contribution is -0.118. The highest BCUT2D eigenvalue weighted by atomic mass is 32.2. The minimum atomic E-state index is 0.0852. The Hall–Kier alpha value is -0.480. The molecule has 104 valence electrons. The minimum Gasteiger partial charge on any atom is -0.487 e. The Morgan fingerprint density at radius 3 is 2.61 bits per heavy atom. The molecule has 1 aliphatic rings. The van der Waals surface area contributed by atoms with Crippen LogP contribution in [-0.2, 0) is 14.3 Å². The van der Waals surface area contributed by atoms with Gasteiger partial charge in [0.1, 0.15) is 6.61 Å². The molecule has 0 aromatic heterocycles. The topological polar surface area (TPSA) is 35.5 Å². The van der Waals surface area contributed by atoms with E-state index in [9.17, 15) is 4.79 Å². The highest BCUT2D eigenvalue weighted by molar-refractivity contribution is 8.04. The van der Waals surface area contributed by atoms with E-state index in [0.29, 0.717) is 25.6 Å². The lowest BCUT2D eigenvalue weighted by Gasteiger charge is -2.08. The van der Waals surface area contributed by atoms with Gasteiger partial charge in [0.15, 0.2) is 5.76 Å². The van der Waals surface area contributed by atoms with E-state index in [1.165, 1.54) is 0 Å². The van der Waals surface area contributed by atoms with Gasteiger partial charge in [-0.2, -0.15) is 0 Å². The maximum absolute atomic E-state index is 12.2. The molecule has 0 N–H and O–H groups in total. The Kier molecular flexibility index (Phi) is 7.44. The SMILES string of the molecule is CCCCC1SC(CC)=C(OCCOCC)C1=O. The lowest BCUT2D eigenvalue weighted by atomic mass is 10.1. The summed E-state index contributed by atoms with van der Waals surface area (Å²) in [5.41, 5.74) is 0. The van der Waals surface area contributed by atoms with Crippen LogP contribution >= 0.6 is 11.8 Å². The van der Waals surface area contributed by atoms with Crippen LogP contribution in [0.3, 0.4) is 0 Å². The number of hydrogen-bond acceptors (Lipinski definition) is 4. The summed E-state index contributed by atoms with van der Waals surface area (Å²) in [4.78, 5) is 13.3. The molecule has 4 heteroatoms. The second-order valence-corrected chi connectivity index (χ2v) is 5.56. The molecule has 1 heterocycles. The third-order valence-electron chi connectivity index (χ3n) is 2.87. The van der Waals surface area contributed by atoms with Crippen molar-refractivity contribution in [2.24, 2.45) is 0 Å². The first-order valence-corrected chi connectivity index (χ1v) is 7.77. The number of thioether (sulfide) groups is 1. The van der Waals surface area contributed by atoms with E-state index in [4.69, 9.17) is 9.47 Å². The number of rotatable bonds is 9. The van der Waals surface area contributed by atoms with Crippen LogP contribution in [0.1, 0.15) is 46.5 Å². The van der Waals surface area contributed by atoms with Crippen LogP contribution in [0.15, 0.2) is 10.7 Å². The molecule has 0 spiro atoms. The summed E-state index contributed by atoms with van der Waals surface area (Å²) in [6.07, 6.45) is 4.07. The maximum Gasteiger partial charge on any atom is 0.211 e. The van der Waals surface area contributed by atoms with Crippen LogP contribution in [0.5, 0.6) is 0 Å². The lowest BCUT2D eigenvalue weighted by Crippen LogP contribution is -2.17. The molecule has 1 aliphatic heterocycles. The van der Waals surface area contributed by atoms with Crippen LogP contribution in [0, 0.1) is 0 Å². The summed E-state index contributed by atoms with van der Waals surface area (Å²) in [5.74, 6) is 0.783. The van der Waals surface area contributed by atoms with Gasteiger partial charge in [-0.15, -0.1) is 11.8 Å². The third-order valence-corrected chi connectivity index (χ3v) is 4.37. The van der Waals surface area contributed by atoms with E-state index >= 15 is 0 Å². The number of hydrogen-bond donors (Lipinski definition) is 0. The van der Waals surface area contributed by atoms with E-state index in [-0.39, 0.29) is 11.0 Å². The quantitative estimate of drug-likeness (QED) is 0.601. The molecule has 0 radical (unpaired) electrons. The average Bonchev–Trinajstić information content (AvgIpc) is 2.69. The second-order valence-electron chi connectivity index (χ2n) is 4.26. The normalized spacial score (nSPS) is 19.7. The predicted molar refractivity (Wildman–Crippen MR) is 75.7 cm³/mol. The van der Waals surface area contributed by atoms with Crippen molar-refractivity contribution in [1.29, 1.82) is 0 Å². The molecule has 1 unspecified atom stereocenters. The summed E-state index contributed by atoms with van der Waals surface area (Å²) in [7, 11) is 0. The van der Waals surface area contributed by atoms with Crippen molar-refractivity contribution in [2.75, 3.05) is 19.8 Å². The summed E-state index contributed by atoms with van der Waals surface area (Å²) in [6.45, 7) is 7.88. The van der Waals surface area contributed by atoms with Crippen LogP contribution < -0.4 is 0 Å². The fraction of sp³-hybridized carbons (Fsp3) is 0.786. The van der Waals surface area contributed by atoms with Gasteiger partial charge in [0.2, 0.25) is 5.78 Å². The average molecular weight is 272 g/mol. The monoisotopic (exact) mass is 272 g/mol. The summed E-state index contributed by atoms with van der Waals surface area (Å²) >= 11 is 1.69. The number of allylic oxidation sites excluding steroid dienone is 2. The molecular formula is C14H24O3S. The van der Waals surface area contributed by atoms with Crippen molar-refractivity contribution in [3.8, 4) is 0 Å². The van der Waals surface area contributed by atoms with Gasteiger partial charge in [-0.25, -0.2) is 0 Å². The Labute approximate surface area is 114 Å². The van der Waals surface area contributed by atoms with Gasteiger partial charge in [0.25, 0.3) is 0 Å². The first kappa shape index (κ1) is 15.6. The van der Waals surface area contributed by atoms with Crippen molar-refractivity contribution in [3.05, 3.63) is 10.7 Å². The highest BCUT2D eigenvalue weighted by Gasteiger charge is 2.33. The van der Waals surface area contributed by atoms with Gasteiger partial charge in [0.05, 0.1) is 11.9 Å². The van der Waals surface area contributed by atoms with Gasteiger partial charge in [-0.05, 0) is 19.8 Å². The predicted octanol–water partition coefficient (Wildman–Crippen LogP) is 3.54. The molecule has 0 fully saturated rings. The summed E-state index contributed by atoms with van der Waals surface area (Å²) in [6, 6.07) is 0. The number of unbranched alkanes of at least 4 members (excludes halogenated alkanes) is 1. The van der Waals surface area contributed by atoms with Crippen LogP contribution in [0.4, 0.5) is 0 Å². The molecule has 1 atom stereocenters. The zero-order chi connectivity index (χ0) is 13.4. The van der Waals surface area contributed by atoms with E-state index in [1.54, 1.807) is 11.8 Å². The molecule has 0 aromatic rings. The van der Waals surface area contributed by atoms with Crippen LogP contribution in [0.2, 0.25) is 0 Å². The minimum absolute atomic E-state index is 0.0852. The Balaban J connectivity index is 2.48. The van der Waals surface area contributed by atoms with E-state index in [0.717, 1.165) is 30.6 Å². The number of ether oxygens (including phenoxy) is 2. The third kappa shape index (κ3) is 4.32. The fourth-order valence-electron chi connectivity index (χ4n) is 1.88. The van der Waals surface area contributed by atoms with Gasteiger partial charge >= 0.3 is 0 Å². The van der Waals surface area contributed by atoms with Gasteiger partial charge in [-0.1, -0.05) is 26.7 Å². The second kappa shape index (κ2) is 8.59. The largest absolute Gasteiger partial charge is 0.487 e. The zero-order valence-corrected chi connectivity index (χ0v) is 12.5. The molecule has 0 amide bonds. The Bertz CT molecular complexity index is 299. The van der Waals surface area contributed by atoms with Crippen molar-refractivity contribution in [3.63, 3.8) is 0 Å². The number of ketones is 1. The number of carbonyl (C=O) groups excluding carboxylic acids is 1.